The Kier molecular flexibility index (Phi) is 5.12. The summed E-state index contributed by atoms with van der Waals surface area (Å²) in [6, 6.07) is 13.1. The summed E-state index contributed by atoms with van der Waals surface area (Å²) in [5.74, 6) is 2.06. The number of para-hydroxylation sites is 2. The Labute approximate surface area is 165 Å². The van der Waals surface area contributed by atoms with E-state index >= 15 is 0 Å². The minimum Gasteiger partial charge on any atom is -0.493 e. The number of aromatic nitrogens is 4. The van der Waals surface area contributed by atoms with Crippen LogP contribution in [0.5, 0.6) is 5.75 Å². The largest absolute Gasteiger partial charge is 0.493 e. The molecule has 0 spiro atoms. The first-order valence-electron chi connectivity index (χ1n) is 8.82. The van der Waals surface area contributed by atoms with Crippen molar-refractivity contribution in [3.05, 3.63) is 64.2 Å². The number of H-pyrrole nitrogens is 1. The Bertz CT molecular complexity index is 1190. The van der Waals surface area contributed by atoms with Gasteiger partial charge in [0.2, 0.25) is 0 Å². The normalized spacial score (nSPS) is 11.1. The van der Waals surface area contributed by atoms with Crippen LogP contribution >= 0.6 is 11.8 Å². The number of aryl methyl sites for hydroxylation is 1. The van der Waals surface area contributed by atoms with Crippen LogP contribution in [0.15, 0.2) is 56.9 Å². The summed E-state index contributed by atoms with van der Waals surface area (Å²) in [5.41, 5.74) is 2.26. The Hall–Kier alpha value is -3.13. The van der Waals surface area contributed by atoms with Crippen molar-refractivity contribution in [2.75, 3.05) is 6.61 Å². The third-order valence-corrected chi connectivity index (χ3v) is 4.97. The molecule has 0 radical (unpaired) electrons. The Morgan fingerprint density at radius 3 is 2.86 bits per heavy atom. The predicted molar refractivity (Wildman–Crippen MR) is 108 cm³/mol. The van der Waals surface area contributed by atoms with Gasteiger partial charge >= 0.3 is 0 Å². The third kappa shape index (κ3) is 3.63. The second-order valence-electron chi connectivity index (χ2n) is 6.07. The molecule has 0 aliphatic rings. The molecule has 0 aliphatic carbocycles. The smallest absolute Gasteiger partial charge is 0.277 e. The van der Waals surface area contributed by atoms with Crippen LogP contribution in [0.4, 0.5) is 0 Å². The highest BCUT2D eigenvalue weighted by molar-refractivity contribution is 7.98. The van der Waals surface area contributed by atoms with E-state index in [9.17, 15) is 4.79 Å². The van der Waals surface area contributed by atoms with Crippen LogP contribution in [-0.2, 0) is 5.75 Å². The van der Waals surface area contributed by atoms with E-state index < -0.39 is 0 Å². The summed E-state index contributed by atoms with van der Waals surface area (Å²) in [6.45, 7) is 4.41. The van der Waals surface area contributed by atoms with Crippen molar-refractivity contribution in [3.63, 3.8) is 0 Å². The monoisotopic (exact) mass is 394 g/mol. The molecule has 1 N–H and O–H groups in total. The van der Waals surface area contributed by atoms with E-state index in [0.29, 0.717) is 46.0 Å². The predicted octanol–water partition coefficient (Wildman–Crippen LogP) is 3.97. The van der Waals surface area contributed by atoms with Gasteiger partial charge in [-0.1, -0.05) is 36.0 Å². The molecule has 4 rings (SSSR count). The van der Waals surface area contributed by atoms with Crippen LogP contribution < -0.4 is 10.3 Å². The lowest BCUT2D eigenvalue weighted by Gasteiger charge is -2.06. The number of hydrogen-bond donors (Lipinski definition) is 1. The fourth-order valence-corrected chi connectivity index (χ4v) is 3.49. The van der Waals surface area contributed by atoms with Crippen molar-refractivity contribution < 1.29 is 9.15 Å². The van der Waals surface area contributed by atoms with Crippen molar-refractivity contribution in [1.82, 2.24) is 20.2 Å². The SMILES string of the molecule is CCOc1ccccc1-c1nnc(SCc2nc3c(C)cccc3c(=O)[nH]2)o1. The average molecular weight is 394 g/mol. The first-order valence-corrected chi connectivity index (χ1v) is 9.81. The number of rotatable bonds is 6. The van der Waals surface area contributed by atoms with Gasteiger partial charge in [0.1, 0.15) is 11.6 Å². The van der Waals surface area contributed by atoms with Crippen molar-refractivity contribution in [2.45, 2.75) is 24.8 Å². The van der Waals surface area contributed by atoms with E-state index in [1.807, 2.05) is 50.2 Å². The molecule has 142 valence electrons. The molecular weight excluding hydrogens is 376 g/mol. The van der Waals surface area contributed by atoms with Gasteiger partial charge in [0.15, 0.2) is 0 Å². The molecule has 0 atom stereocenters. The molecule has 2 heterocycles. The Morgan fingerprint density at radius 1 is 1.14 bits per heavy atom. The number of ether oxygens (including phenoxy) is 1. The summed E-state index contributed by atoms with van der Waals surface area (Å²) >= 11 is 1.32. The summed E-state index contributed by atoms with van der Waals surface area (Å²) in [6.07, 6.45) is 0. The average Bonchev–Trinajstić information content (AvgIpc) is 3.17. The number of benzene rings is 2. The number of nitrogens with one attached hydrogen (secondary N) is 1. The fourth-order valence-electron chi connectivity index (χ4n) is 2.85. The highest BCUT2D eigenvalue weighted by atomic mass is 32.2. The first kappa shape index (κ1) is 18.2. The number of thioether (sulfide) groups is 1. The van der Waals surface area contributed by atoms with E-state index in [1.54, 1.807) is 6.07 Å². The van der Waals surface area contributed by atoms with Crippen molar-refractivity contribution >= 4 is 22.7 Å². The standard InChI is InChI=1S/C20H18N4O3S/c1-3-26-15-10-5-4-8-13(15)19-23-24-20(27-19)28-11-16-21-17-12(2)7-6-9-14(17)18(25)22-16/h4-10H,3,11H2,1-2H3,(H,21,22,25). The van der Waals surface area contributed by atoms with Crippen LogP contribution in [0.2, 0.25) is 0 Å². The molecule has 0 saturated carbocycles. The lowest BCUT2D eigenvalue weighted by atomic mass is 10.1. The van der Waals surface area contributed by atoms with Crippen LogP contribution in [-0.4, -0.2) is 26.8 Å². The lowest BCUT2D eigenvalue weighted by molar-refractivity contribution is 0.340. The van der Waals surface area contributed by atoms with Gasteiger partial charge in [0.05, 0.1) is 28.8 Å². The Balaban J connectivity index is 1.55. The molecule has 0 amide bonds. The van der Waals surface area contributed by atoms with E-state index in [1.165, 1.54) is 11.8 Å². The molecule has 0 saturated heterocycles. The zero-order valence-corrected chi connectivity index (χ0v) is 16.2. The Morgan fingerprint density at radius 2 is 2.00 bits per heavy atom. The summed E-state index contributed by atoms with van der Waals surface area (Å²) in [5, 5.41) is 9.18. The van der Waals surface area contributed by atoms with Gasteiger partial charge in [-0.3, -0.25) is 4.79 Å². The third-order valence-electron chi connectivity index (χ3n) is 4.14. The van der Waals surface area contributed by atoms with Gasteiger partial charge in [-0.15, -0.1) is 10.2 Å². The molecule has 7 nitrogen and oxygen atoms in total. The summed E-state index contributed by atoms with van der Waals surface area (Å²) < 4.78 is 11.4. The van der Waals surface area contributed by atoms with E-state index in [2.05, 4.69) is 20.2 Å². The van der Waals surface area contributed by atoms with Crippen LogP contribution in [0.3, 0.4) is 0 Å². The maximum Gasteiger partial charge on any atom is 0.277 e. The molecule has 2 aromatic carbocycles. The zero-order valence-electron chi connectivity index (χ0n) is 15.4. The fraction of sp³-hybridized carbons (Fsp3) is 0.200. The summed E-state index contributed by atoms with van der Waals surface area (Å²) in [4.78, 5) is 19.7. The number of fused-ring (bicyclic) bond motifs is 1. The number of aromatic amines is 1. The second kappa shape index (κ2) is 7.85. The molecular formula is C20H18N4O3S. The highest BCUT2D eigenvalue weighted by Crippen LogP contribution is 2.31. The molecule has 0 bridgehead atoms. The van der Waals surface area contributed by atoms with Crippen LogP contribution in [0, 0.1) is 6.92 Å². The van der Waals surface area contributed by atoms with Crippen molar-refractivity contribution in [1.29, 1.82) is 0 Å². The van der Waals surface area contributed by atoms with Gasteiger partial charge in [-0.25, -0.2) is 4.98 Å². The summed E-state index contributed by atoms with van der Waals surface area (Å²) in [7, 11) is 0. The van der Waals surface area contributed by atoms with Crippen LogP contribution in [0.1, 0.15) is 18.3 Å². The van der Waals surface area contributed by atoms with Gasteiger partial charge in [0.25, 0.3) is 16.7 Å². The highest BCUT2D eigenvalue weighted by Gasteiger charge is 2.14. The molecule has 0 aliphatic heterocycles. The molecule has 28 heavy (non-hydrogen) atoms. The first-order chi connectivity index (χ1) is 13.7. The van der Waals surface area contributed by atoms with Crippen molar-refractivity contribution in [3.8, 4) is 17.2 Å². The van der Waals surface area contributed by atoms with Gasteiger partial charge < -0.3 is 14.1 Å². The molecule has 8 heteroatoms. The van der Waals surface area contributed by atoms with E-state index in [-0.39, 0.29) is 5.56 Å². The minimum atomic E-state index is -0.152. The molecule has 2 aromatic heterocycles. The molecule has 0 unspecified atom stereocenters. The molecule has 4 aromatic rings. The van der Waals surface area contributed by atoms with Crippen LogP contribution in [0.25, 0.3) is 22.4 Å². The lowest BCUT2D eigenvalue weighted by Crippen LogP contribution is -2.11. The molecule has 0 fully saturated rings. The maximum atomic E-state index is 12.3. The number of nitrogens with zero attached hydrogens (tertiary/aromatic N) is 3. The van der Waals surface area contributed by atoms with Crippen molar-refractivity contribution in [2.24, 2.45) is 0 Å². The van der Waals surface area contributed by atoms with Gasteiger partial charge in [-0.05, 0) is 37.6 Å². The van der Waals surface area contributed by atoms with Gasteiger partial charge in [0, 0.05) is 0 Å². The maximum absolute atomic E-state index is 12.3. The number of hydrogen-bond acceptors (Lipinski definition) is 7. The minimum absolute atomic E-state index is 0.152. The zero-order chi connectivity index (χ0) is 19.5. The van der Waals surface area contributed by atoms with E-state index in [0.717, 1.165) is 11.1 Å². The van der Waals surface area contributed by atoms with E-state index in [4.69, 9.17) is 9.15 Å². The second-order valence-corrected chi connectivity index (χ2v) is 7.00. The quantitative estimate of drug-likeness (QED) is 0.494. The van der Waals surface area contributed by atoms with Gasteiger partial charge in [-0.2, -0.15) is 0 Å². The topological polar surface area (TPSA) is 93.9 Å².